The molecule has 6 nitrogen and oxygen atoms in total. The number of rotatable bonds is 3. The third-order valence-corrected chi connectivity index (χ3v) is 5.98. The molecule has 1 saturated heterocycles. The zero-order valence-electron chi connectivity index (χ0n) is 17.6. The summed E-state index contributed by atoms with van der Waals surface area (Å²) in [6, 6.07) is 4.08. The molecule has 9 heteroatoms. The predicted octanol–water partition coefficient (Wildman–Crippen LogP) is 4.19. The minimum absolute atomic E-state index is 0.0108. The van der Waals surface area contributed by atoms with Gasteiger partial charge in [-0.25, -0.2) is 9.97 Å². The predicted molar refractivity (Wildman–Crippen MR) is 113 cm³/mol. The van der Waals surface area contributed by atoms with E-state index >= 15 is 0 Å². The van der Waals surface area contributed by atoms with Crippen molar-refractivity contribution >= 4 is 17.5 Å². The van der Waals surface area contributed by atoms with E-state index in [1.54, 1.807) is 6.07 Å². The molecule has 0 aromatic carbocycles. The summed E-state index contributed by atoms with van der Waals surface area (Å²) in [5.74, 6) is 0.615. The quantitative estimate of drug-likeness (QED) is 0.760. The minimum atomic E-state index is -4.49. The van der Waals surface area contributed by atoms with Crippen molar-refractivity contribution in [1.29, 1.82) is 0 Å². The average Bonchev–Trinajstić information content (AvgIpc) is 2.90. The van der Waals surface area contributed by atoms with E-state index < -0.39 is 11.7 Å². The molecule has 4 heterocycles. The summed E-state index contributed by atoms with van der Waals surface area (Å²) in [5, 5.41) is 6.10. The molecule has 1 amide bonds. The molecule has 2 aliphatic heterocycles. The van der Waals surface area contributed by atoms with Crippen LogP contribution in [0.4, 0.5) is 24.8 Å². The number of fused-ring (bicyclic) bond motifs is 1. The Morgan fingerprint density at radius 2 is 2.10 bits per heavy atom. The Labute approximate surface area is 179 Å². The number of anilines is 2. The molecule has 2 aromatic heterocycles. The van der Waals surface area contributed by atoms with Gasteiger partial charge in [-0.1, -0.05) is 6.92 Å². The highest BCUT2D eigenvalue weighted by Gasteiger charge is 2.34. The van der Waals surface area contributed by atoms with Gasteiger partial charge in [0.05, 0.1) is 11.3 Å². The van der Waals surface area contributed by atoms with Gasteiger partial charge in [0.1, 0.15) is 11.6 Å². The number of carbonyl (C=O) groups excluding carboxylic acids is 1. The molecule has 0 radical (unpaired) electrons. The molecule has 2 atom stereocenters. The number of amides is 1. The van der Waals surface area contributed by atoms with Crippen LogP contribution in [0.25, 0.3) is 11.3 Å². The van der Waals surface area contributed by atoms with Gasteiger partial charge in [0.25, 0.3) is 0 Å². The van der Waals surface area contributed by atoms with E-state index in [1.807, 2.05) is 18.7 Å². The Hall–Kier alpha value is -2.68. The molecule has 0 bridgehead atoms. The van der Waals surface area contributed by atoms with Crippen LogP contribution in [-0.2, 0) is 11.0 Å². The van der Waals surface area contributed by atoms with Gasteiger partial charge in [-0.2, -0.15) is 13.2 Å². The van der Waals surface area contributed by atoms with Crippen LogP contribution in [0.15, 0.2) is 24.4 Å². The maximum atomic E-state index is 13.8. The summed E-state index contributed by atoms with van der Waals surface area (Å²) in [4.78, 5) is 23.0. The van der Waals surface area contributed by atoms with Gasteiger partial charge >= 0.3 is 6.18 Å². The summed E-state index contributed by atoms with van der Waals surface area (Å²) >= 11 is 0. The third kappa shape index (κ3) is 4.51. The molecule has 4 rings (SSSR count). The number of nitrogens with zero attached hydrogens (tertiary/aromatic N) is 3. The van der Waals surface area contributed by atoms with E-state index in [0.717, 1.165) is 24.1 Å². The van der Waals surface area contributed by atoms with Crippen LogP contribution in [0.2, 0.25) is 0 Å². The highest BCUT2D eigenvalue weighted by Crippen LogP contribution is 2.41. The van der Waals surface area contributed by atoms with Crippen molar-refractivity contribution in [2.75, 3.05) is 29.9 Å². The molecule has 0 aliphatic carbocycles. The van der Waals surface area contributed by atoms with Crippen LogP contribution >= 0.6 is 0 Å². The topological polar surface area (TPSA) is 70.2 Å². The number of alkyl halides is 3. The fraction of sp³-hybridized carbons (Fsp3) is 0.500. The second kappa shape index (κ2) is 8.45. The van der Waals surface area contributed by atoms with Gasteiger partial charge in [0.15, 0.2) is 0 Å². The highest BCUT2D eigenvalue weighted by atomic mass is 19.4. The minimum Gasteiger partial charge on any atom is -0.354 e. The maximum Gasteiger partial charge on any atom is 0.416 e. The Bertz CT molecular complexity index is 978. The number of hydrogen-bond acceptors (Lipinski definition) is 5. The lowest BCUT2D eigenvalue weighted by molar-refractivity contribution is -0.137. The average molecular weight is 433 g/mol. The third-order valence-electron chi connectivity index (χ3n) is 5.98. The van der Waals surface area contributed by atoms with Crippen LogP contribution in [-0.4, -0.2) is 41.6 Å². The number of halogens is 3. The van der Waals surface area contributed by atoms with Crippen molar-refractivity contribution in [3.05, 3.63) is 35.5 Å². The molecule has 0 unspecified atom stereocenters. The lowest BCUT2D eigenvalue weighted by Crippen LogP contribution is -2.49. The molecule has 0 saturated carbocycles. The Morgan fingerprint density at radius 1 is 1.29 bits per heavy atom. The zero-order valence-corrected chi connectivity index (χ0v) is 17.6. The Kier molecular flexibility index (Phi) is 5.88. The van der Waals surface area contributed by atoms with Crippen LogP contribution in [0, 0.1) is 0 Å². The monoisotopic (exact) mass is 433 g/mol. The molecule has 166 valence electrons. The molecular weight excluding hydrogens is 407 g/mol. The number of piperazine rings is 1. The van der Waals surface area contributed by atoms with Gasteiger partial charge in [-0.05, 0) is 43.9 Å². The largest absolute Gasteiger partial charge is 0.416 e. The van der Waals surface area contributed by atoms with Crippen molar-refractivity contribution in [1.82, 2.24) is 15.3 Å². The summed E-state index contributed by atoms with van der Waals surface area (Å²) in [6.07, 6.45) is -1.25. The second-order valence-corrected chi connectivity index (χ2v) is 8.21. The van der Waals surface area contributed by atoms with E-state index in [0.29, 0.717) is 49.7 Å². The molecular formula is C22H26F3N5O. The van der Waals surface area contributed by atoms with E-state index in [1.165, 1.54) is 6.20 Å². The lowest BCUT2D eigenvalue weighted by atomic mass is 9.88. The second-order valence-electron chi connectivity index (χ2n) is 8.21. The number of carbonyl (C=O) groups is 1. The summed E-state index contributed by atoms with van der Waals surface area (Å²) < 4.78 is 41.3. The van der Waals surface area contributed by atoms with Crippen molar-refractivity contribution in [3.63, 3.8) is 0 Å². The smallest absolute Gasteiger partial charge is 0.354 e. The van der Waals surface area contributed by atoms with Crippen molar-refractivity contribution < 1.29 is 18.0 Å². The van der Waals surface area contributed by atoms with Crippen LogP contribution < -0.4 is 15.5 Å². The number of pyridine rings is 2. The fourth-order valence-corrected chi connectivity index (χ4v) is 4.38. The number of aromatic nitrogens is 2. The summed E-state index contributed by atoms with van der Waals surface area (Å²) in [5.41, 5.74) is 0.885. The molecule has 2 aromatic rings. The summed E-state index contributed by atoms with van der Waals surface area (Å²) in [7, 11) is 0. The van der Waals surface area contributed by atoms with Crippen molar-refractivity contribution in [3.8, 4) is 11.3 Å². The Morgan fingerprint density at radius 3 is 2.81 bits per heavy atom. The normalized spacial score (nSPS) is 22.0. The van der Waals surface area contributed by atoms with Gasteiger partial charge in [0, 0.05) is 49.4 Å². The van der Waals surface area contributed by atoms with Gasteiger partial charge in [-0.15, -0.1) is 0 Å². The molecule has 1 fully saturated rings. The number of nitrogens with one attached hydrogen (secondary N) is 2. The first-order chi connectivity index (χ1) is 14.8. The van der Waals surface area contributed by atoms with Crippen molar-refractivity contribution in [2.45, 2.75) is 51.2 Å². The standard InChI is InChI=1S/C22H26F3N5O/c1-3-14-4-5-19(31)29-21-20(14)16(6-7-27-21)17-10-15(22(23,24)25)11-18(28-17)30-9-8-26-13(2)12-30/h6-7,10-11,13-14,26H,3-5,8-9,12H2,1-2H3,(H,27,29,31)/t13-,14-/m0/s1. The lowest BCUT2D eigenvalue weighted by Gasteiger charge is -2.33. The van der Waals surface area contributed by atoms with Gasteiger partial charge in [0.2, 0.25) is 5.91 Å². The van der Waals surface area contributed by atoms with E-state index in [4.69, 9.17) is 0 Å². The first-order valence-corrected chi connectivity index (χ1v) is 10.6. The molecule has 2 N–H and O–H groups in total. The first-order valence-electron chi connectivity index (χ1n) is 10.6. The fourth-order valence-electron chi connectivity index (χ4n) is 4.38. The molecule has 31 heavy (non-hydrogen) atoms. The van der Waals surface area contributed by atoms with Gasteiger partial charge < -0.3 is 15.5 Å². The SMILES string of the molecule is CC[C@H]1CCC(=O)Nc2nccc(-c3cc(C(F)(F)F)cc(N4CCN[C@@H](C)C4)n3)c21. The zero-order chi connectivity index (χ0) is 22.2. The molecule has 2 aliphatic rings. The van der Waals surface area contributed by atoms with Crippen molar-refractivity contribution in [2.24, 2.45) is 0 Å². The summed E-state index contributed by atoms with van der Waals surface area (Å²) in [6.45, 7) is 5.85. The van der Waals surface area contributed by atoms with E-state index in [-0.39, 0.29) is 23.6 Å². The van der Waals surface area contributed by atoms with Crippen LogP contribution in [0.3, 0.4) is 0 Å². The van der Waals surface area contributed by atoms with Crippen LogP contribution in [0.1, 0.15) is 50.2 Å². The van der Waals surface area contributed by atoms with Gasteiger partial charge in [-0.3, -0.25) is 4.79 Å². The first kappa shape index (κ1) is 21.5. The maximum absolute atomic E-state index is 13.8. The van der Waals surface area contributed by atoms with Crippen LogP contribution in [0.5, 0.6) is 0 Å². The van der Waals surface area contributed by atoms with E-state index in [9.17, 15) is 18.0 Å². The highest BCUT2D eigenvalue weighted by molar-refractivity contribution is 5.93. The number of hydrogen-bond donors (Lipinski definition) is 2. The molecule has 0 spiro atoms. The van der Waals surface area contributed by atoms with E-state index in [2.05, 4.69) is 20.6 Å². The Balaban J connectivity index is 1.87.